The Labute approximate surface area is 147 Å². The number of nitrogens with one attached hydrogen (secondary N) is 1. The second kappa shape index (κ2) is 6.59. The van der Waals surface area contributed by atoms with Crippen LogP contribution < -0.4 is 5.32 Å². The third kappa shape index (κ3) is 2.84. The lowest BCUT2D eigenvalue weighted by Gasteiger charge is -2.54. The number of pyridine rings is 1. The minimum absolute atomic E-state index is 0.0398. The van der Waals surface area contributed by atoms with Crippen LogP contribution in [0.15, 0.2) is 36.8 Å². The summed E-state index contributed by atoms with van der Waals surface area (Å²) in [4.78, 5) is 17.1. The standard InChI is InChI=1S/C19H24N4O2/c1-2-25-16-13-15(19(16)7-3-4-8-19)22-18(24)14-6-10-20-17(12-14)23-11-5-9-21-23/h5-6,9-12,15-16H,2-4,7-8,13H2,1H3,(H,22,24). The number of ether oxygens (including phenoxy) is 1. The Hall–Kier alpha value is -2.21. The molecule has 132 valence electrons. The molecule has 2 fully saturated rings. The summed E-state index contributed by atoms with van der Waals surface area (Å²) >= 11 is 0. The van der Waals surface area contributed by atoms with E-state index in [1.807, 2.05) is 19.2 Å². The van der Waals surface area contributed by atoms with Crippen LogP contribution in [0.3, 0.4) is 0 Å². The molecule has 25 heavy (non-hydrogen) atoms. The smallest absolute Gasteiger partial charge is 0.251 e. The molecule has 6 nitrogen and oxygen atoms in total. The van der Waals surface area contributed by atoms with Crippen LogP contribution in [0.2, 0.25) is 0 Å². The summed E-state index contributed by atoms with van der Waals surface area (Å²) in [7, 11) is 0. The Kier molecular flexibility index (Phi) is 4.29. The average molecular weight is 340 g/mol. The predicted molar refractivity (Wildman–Crippen MR) is 93.5 cm³/mol. The summed E-state index contributed by atoms with van der Waals surface area (Å²) in [6.45, 7) is 2.78. The summed E-state index contributed by atoms with van der Waals surface area (Å²) in [5.74, 6) is 0.607. The number of aromatic nitrogens is 3. The van der Waals surface area contributed by atoms with E-state index in [0.717, 1.165) is 25.9 Å². The van der Waals surface area contributed by atoms with E-state index in [1.165, 1.54) is 12.8 Å². The van der Waals surface area contributed by atoms with Crippen LogP contribution >= 0.6 is 0 Å². The fraction of sp³-hybridized carbons (Fsp3) is 0.526. The van der Waals surface area contributed by atoms with Gasteiger partial charge in [0, 0.05) is 42.2 Å². The molecule has 1 amide bonds. The molecule has 0 saturated heterocycles. The van der Waals surface area contributed by atoms with Gasteiger partial charge in [0.25, 0.3) is 5.91 Å². The van der Waals surface area contributed by atoms with Gasteiger partial charge in [-0.15, -0.1) is 0 Å². The maximum absolute atomic E-state index is 12.8. The highest BCUT2D eigenvalue weighted by atomic mass is 16.5. The lowest BCUT2D eigenvalue weighted by atomic mass is 9.60. The third-order valence-electron chi connectivity index (χ3n) is 5.74. The van der Waals surface area contributed by atoms with Crippen LogP contribution in [0.1, 0.15) is 49.4 Å². The Morgan fingerprint density at radius 1 is 1.40 bits per heavy atom. The van der Waals surface area contributed by atoms with Crippen LogP contribution in [0, 0.1) is 5.41 Å². The van der Waals surface area contributed by atoms with Gasteiger partial charge in [-0.05, 0) is 44.4 Å². The number of hydrogen-bond acceptors (Lipinski definition) is 4. The molecule has 0 radical (unpaired) electrons. The SMILES string of the molecule is CCOC1CC(NC(=O)c2ccnc(-n3cccn3)c2)C12CCCC2. The number of rotatable bonds is 5. The van der Waals surface area contributed by atoms with Gasteiger partial charge in [-0.25, -0.2) is 9.67 Å². The van der Waals surface area contributed by atoms with Gasteiger partial charge in [0.15, 0.2) is 5.82 Å². The Morgan fingerprint density at radius 2 is 2.24 bits per heavy atom. The molecule has 4 rings (SSSR count). The van der Waals surface area contributed by atoms with Crippen LogP contribution in [0.25, 0.3) is 5.82 Å². The van der Waals surface area contributed by atoms with Crippen molar-refractivity contribution in [1.29, 1.82) is 0 Å². The zero-order chi connectivity index (χ0) is 17.3. The Balaban J connectivity index is 1.48. The molecule has 2 atom stereocenters. The largest absolute Gasteiger partial charge is 0.378 e. The van der Waals surface area contributed by atoms with E-state index in [9.17, 15) is 4.79 Å². The molecule has 2 aromatic heterocycles. The topological polar surface area (TPSA) is 69.0 Å². The fourth-order valence-electron chi connectivity index (χ4n) is 4.42. The highest BCUT2D eigenvalue weighted by molar-refractivity contribution is 5.94. The molecule has 1 spiro atoms. The summed E-state index contributed by atoms with van der Waals surface area (Å²) in [5, 5.41) is 7.42. The maximum Gasteiger partial charge on any atom is 0.251 e. The van der Waals surface area contributed by atoms with Gasteiger partial charge in [-0.1, -0.05) is 12.8 Å². The monoisotopic (exact) mass is 340 g/mol. The lowest BCUT2D eigenvalue weighted by molar-refractivity contribution is -0.127. The number of hydrogen-bond donors (Lipinski definition) is 1. The number of carbonyl (C=O) groups is 1. The molecule has 2 aliphatic rings. The second-order valence-electron chi connectivity index (χ2n) is 7.00. The van der Waals surface area contributed by atoms with Crippen molar-refractivity contribution in [3.8, 4) is 5.82 Å². The van der Waals surface area contributed by atoms with Crippen LogP contribution in [0.5, 0.6) is 0 Å². The molecule has 6 heteroatoms. The van der Waals surface area contributed by atoms with E-state index >= 15 is 0 Å². The Morgan fingerprint density at radius 3 is 2.96 bits per heavy atom. The molecule has 0 bridgehead atoms. The first-order chi connectivity index (χ1) is 12.2. The van der Waals surface area contributed by atoms with E-state index in [2.05, 4.69) is 15.4 Å². The second-order valence-corrected chi connectivity index (χ2v) is 7.00. The zero-order valence-electron chi connectivity index (χ0n) is 14.5. The van der Waals surface area contributed by atoms with Crippen molar-refractivity contribution in [3.63, 3.8) is 0 Å². The molecular formula is C19H24N4O2. The molecule has 2 aromatic rings. The van der Waals surface area contributed by atoms with Crippen LogP contribution in [-0.4, -0.2) is 39.4 Å². The van der Waals surface area contributed by atoms with Crippen LogP contribution in [-0.2, 0) is 4.74 Å². The van der Waals surface area contributed by atoms with Crippen molar-refractivity contribution in [2.75, 3.05) is 6.61 Å². The molecule has 0 aromatic carbocycles. The van der Waals surface area contributed by atoms with E-state index in [-0.39, 0.29) is 17.4 Å². The van der Waals surface area contributed by atoms with Crippen molar-refractivity contribution in [2.24, 2.45) is 5.41 Å². The number of amides is 1. The summed E-state index contributed by atoms with van der Waals surface area (Å²) < 4.78 is 7.58. The van der Waals surface area contributed by atoms with Crippen molar-refractivity contribution in [1.82, 2.24) is 20.1 Å². The highest BCUT2D eigenvalue weighted by Gasteiger charge is 2.57. The van der Waals surface area contributed by atoms with Gasteiger partial charge in [0.05, 0.1) is 6.10 Å². The third-order valence-corrected chi connectivity index (χ3v) is 5.74. The summed E-state index contributed by atoms with van der Waals surface area (Å²) in [5.41, 5.74) is 0.761. The van der Waals surface area contributed by atoms with Gasteiger partial charge in [-0.3, -0.25) is 4.79 Å². The van der Waals surface area contributed by atoms with E-state index in [4.69, 9.17) is 4.74 Å². The van der Waals surface area contributed by atoms with Gasteiger partial charge >= 0.3 is 0 Å². The van der Waals surface area contributed by atoms with Gasteiger partial charge in [-0.2, -0.15) is 5.10 Å². The first-order valence-corrected chi connectivity index (χ1v) is 9.11. The molecule has 1 N–H and O–H groups in total. The van der Waals surface area contributed by atoms with Crippen molar-refractivity contribution in [2.45, 2.75) is 51.2 Å². The van der Waals surface area contributed by atoms with E-state index in [0.29, 0.717) is 17.5 Å². The highest BCUT2D eigenvalue weighted by Crippen LogP contribution is 2.54. The van der Waals surface area contributed by atoms with Gasteiger partial charge < -0.3 is 10.1 Å². The molecule has 0 aliphatic heterocycles. The Bertz CT molecular complexity index is 738. The summed E-state index contributed by atoms with van der Waals surface area (Å²) in [6.07, 6.45) is 11.1. The predicted octanol–water partition coefficient (Wildman–Crippen LogP) is 2.73. The molecule has 2 unspecified atom stereocenters. The summed E-state index contributed by atoms with van der Waals surface area (Å²) in [6, 6.07) is 5.57. The number of carbonyl (C=O) groups excluding carboxylic acids is 1. The van der Waals surface area contributed by atoms with E-state index < -0.39 is 0 Å². The minimum Gasteiger partial charge on any atom is -0.378 e. The average Bonchev–Trinajstić information content (AvgIpc) is 3.33. The zero-order valence-corrected chi connectivity index (χ0v) is 14.5. The molecule has 2 heterocycles. The maximum atomic E-state index is 12.8. The molecule has 2 aliphatic carbocycles. The van der Waals surface area contributed by atoms with E-state index in [1.54, 1.807) is 29.2 Å². The number of nitrogens with zero attached hydrogens (tertiary/aromatic N) is 3. The molecule has 2 saturated carbocycles. The van der Waals surface area contributed by atoms with Crippen molar-refractivity contribution < 1.29 is 9.53 Å². The minimum atomic E-state index is -0.0398. The lowest BCUT2D eigenvalue weighted by Crippen LogP contribution is -2.63. The van der Waals surface area contributed by atoms with Crippen molar-refractivity contribution in [3.05, 3.63) is 42.4 Å². The van der Waals surface area contributed by atoms with Crippen LogP contribution in [0.4, 0.5) is 0 Å². The van der Waals surface area contributed by atoms with Gasteiger partial charge in [0.2, 0.25) is 0 Å². The normalized spacial score (nSPS) is 24.2. The first-order valence-electron chi connectivity index (χ1n) is 9.11. The fourth-order valence-corrected chi connectivity index (χ4v) is 4.42. The van der Waals surface area contributed by atoms with Crippen molar-refractivity contribution >= 4 is 5.91 Å². The molecular weight excluding hydrogens is 316 g/mol. The first kappa shape index (κ1) is 16.3. The van der Waals surface area contributed by atoms with Gasteiger partial charge in [0.1, 0.15) is 0 Å². The quantitative estimate of drug-likeness (QED) is 0.909.